The quantitative estimate of drug-likeness (QED) is 0.545. The molecule has 31 heavy (non-hydrogen) atoms. The van der Waals surface area contributed by atoms with Gasteiger partial charge < -0.3 is 9.80 Å². The van der Waals surface area contributed by atoms with E-state index in [0.29, 0.717) is 0 Å². The van der Waals surface area contributed by atoms with Crippen LogP contribution in [0, 0.1) is 0 Å². The van der Waals surface area contributed by atoms with Crippen LogP contribution in [-0.4, -0.2) is 40.0 Å². The smallest absolute Gasteiger partial charge is 0.192 e. The molecule has 0 spiro atoms. The maximum absolute atomic E-state index is 13.7. The third-order valence-corrected chi connectivity index (χ3v) is 10.9. The third kappa shape index (κ3) is 3.11. The van der Waals surface area contributed by atoms with E-state index in [1.165, 1.54) is 32.9 Å². The van der Waals surface area contributed by atoms with Gasteiger partial charge in [0.2, 0.25) is 0 Å². The second-order valence-corrected chi connectivity index (χ2v) is 14.0. The predicted octanol–water partition coefficient (Wildman–Crippen LogP) is 3.93. The van der Waals surface area contributed by atoms with Gasteiger partial charge >= 0.3 is 0 Å². The van der Waals surface area contributed by atoms with Gasteiger partial charge in [0.1, 0.15) is 8.07 Å². The summed E-state index contributed by atoms with van der Waals surface area (Å²) in [5.41, 5.74) is 7.19. The van der Waals surface area contributed by atoms with Gasteiger partial charge in [0, 0.05) is 48.7 Å². The van der Waals surface area contributed by atoms with Crippen molar-refractivity contribution < 1.29 is 4.79 Å². The van der Waals surface area contributed by atoms with Crippen molar-refractivity contribution in [2.24, 2.45) is 0 Å². The Labute approximate surface area is 187 Å². The molecule has 160 valence electrons. The summed E-state index contributed by atoms with van der Waals surface area (Å²) >= 11 is 0. The highest BCUT2D eigenvalue weighted by molar-refractivity contribution is 7.02. The van der Waals surface area contributed by atoms with Gasteiger partial charge in [-0.05, 0) is 71.4 Å². The lowest BCUT2D eigenvalue weighted by Crippen LogP contribution is -2.60. The molecule has 4 heteroatoms. The maximum atomic E-state index is 13.7. The van der Waals surface area contributed by atoms with Crippen LogP contribution in [0.1, 0.15) is 39.9 Å². The van der Waals surface area contributed by atoms with Crippen molar-refractivity contribution in [2.45, 2.75) is 38.8 Å². The highest BCUT2D eigenvalue weighted by Crippen LogP contribution is 2.34. The summed E-state index contributed by atoms with van der Waals surface area (Å²) in [6.07, 6.45) is 8.35. The molecule has 0 amide bonds. The second kappa shape index (κ2) is 7.52. The van der Waals surface area contributed by atoms with Crippen molar-refractivity contribution in [3.63, 3.8) is 0 Å². The molecule has 0 unspecified atom stereocenters. The fraction of sp³-hybridized carbons (Fsp3) is 0.370. The Bertz CT molecular complexity index is 1020. The number of ketones is 1. The molecule has 0 radical (unpaired) electrons. The van der Waals surface area contributed by atoms with E-state index in [9.17, 15) is 4.79 Å². The topological polar surface area (TPSA) is 23.6 Å². The molecule has 0 fully saturated rings. The van der Waals surface area contributed by atoms with Gasteiger partial charge in [-0.15, -0.1) is 13.2 Å². The van der Waals surface area contributed by atoms with E-state index in [-0.39, 0.29) is 5.78 Å². The SMILES string of the molecule is C=CCN1CCCc2cc3c(cc21)[Si](C)(C)c1cc2c(cc1C3=O)CCCN2CC=C. The van der Waals surface area contributed by atoms with Crippen LogP contribution >= 0.6 is 0 Å². The Kier molecular flexibility index (Phi) is 4.93. The number of hydrogen-bond donors (Lipinski definition) is 0. The Hall–Kier alpha value is -2.59. The van der Waals surface area contributed by atoms with Crippen molar-refractivity contribution >= 4 is 35.6 Å². The average Bonchev–Trinajstić information content (AvgIpc) is 2.77. The van der Waals surface area contributed by atoms with Crippen LogP contribution in [0.5, 0.6) is 0 Å². The average molecular weight is 429 g/mol. The van der Waals surface area contributed by atoms with E-state index in [2.05, 4.69) is 60.3 Å². The van der Waals surface area contributed by atoms with E-state index in [4.69, 9.17) is 0 Å². The molecule has 3 heterocycles. The number of benzene rings is 2. The number of hydrogen-bond acceptors (Lipinski definition) is 3. The zero-order chi connectivity index (χ0) is 21.8. The fourth-order valence-electron chi connectivity index (χ4n) is 5.81. The van der Waals surface area contributed by atoms with Crippen LogP contribution in [0.4, 0.5) is 11.4 Å². The number of rotatable bonds is 4. The molecule has 0 N–H and O–H groups in total. The van der Waals surface area contributed by atoms with Gasteiger partial charge in [0.15, 0.2) is 5.78 Å². The number of carbonyl (C=O) groups is 1. The summed E-state index contributed by atoms with van der Waals surface area (Å²) in [7, 11) is -2.02. The van der Waals surface area contributed by atoms with Crippen LogP contribution in [0.15, 0.2) is 49.6 Å². The van der Waals surface area contributed by atoms with Gasteiger partial charge in [-0.2, -0.15) is 0 Å². The molecule has 3 aliphatic rings. The Morgan fingerprint density at radius 3 is 1.71 bits per heavy atom. The van der Waals surface area contributed by atoms with Gasteiger partial charge in [-0.25, -0.2) is 0 Å². The highest BCUT2D eigenvalue weighted by Gasteiger charge is 2.41. The molecule has 3 nitrogen and oxygen atoms in total. The third-order valence-electron chi connectivity index (χ3n) is 7.40. The van der Waals surface area contributed by atoms with Crippen LogP contribution < -0.4 is 20.2 Å². The number of aryl methyl sites for hydroxylation is 2. The number of fused-ring (bicyclic) bond motifs is 4. The molecule has 0 bridgehead atoms. The first kappa shape index (κ1) is 20.3. The van der Waals surface area contributed by atoms with Crippen molar-refractivity contribution in [3.8, 4) is 0 Å². The number of anilines is 2. The first-order valence-corrected chi connectivity index (χ1v) is 14.6. The van der Waals surface area contributed by atoms with E-state index in [1.54, 1.807) is 0 Å². The van der Waals surface area contributed by atoms with Crippen LogP contribution in [0.3, 0.4) is 0 Å². The van der Waals surface area contributed by atoms with E-state index >= 15 is 0 Å². The molecule has 2 aromatic carbocycles. The number of nitrogens with zero attached hydrogens (tertiary/aromatic N) is 2. The lowest BCUT2D eigenvalue weighted by Gasteiger charge is -2.39. The largest absolute Gasteiger partial charge is 0.368 e. The monoisotopic (exact) mass is 428 g/mol. The van der Waals surface area contributed by atoms with E-state index in [1.807, 2.05) is 12.2 Å². The van der Waals surface area contributed by atoms with E-state index in [0.717, 1.165) is 63.0 Å². The molecule has 0 atom stereocenters. The summed E-state index contributed by atoms with van der Waals surface area (Å²) < 4.78 is 0. The Morgan fingerprint density at radius 1 is 0.839 bits per heavy atom. The molecule has 2 aromatic rings. The van der Waals surface area contributed by atoms with Crippen LogP contribution in [0.25, 0.3) is 0 Å². The zero-order valence-electron chi connectivity index (χ0n) is 18.8. The molecular formula is C27H32N2OSi. The molecular weight excluding hydrogens is 396 g/mol. The van der Waals surface area contributed by atoms with Gasteiger partial charge in [-0.1, -0.05) is 25.2 Å². The first-order valence-electron chi connectivity index (χ1n) is 11.6. The summed E-state index contributed by atoms with van der Waals surface area (Å²) in [4.78, 5) is 18.6. The minimum Gasteiger partial charge on any atom is -0.368 e. The molecule has 0 aromatic heterocycles. The highest BCUT2D eigenvalue weighted by atomic mass is 28.3. The van der Waals surface area contributed by atoms with Gasteiger partial charge in [-0.3, -0.25) is 4.79 Å². The first-order chi connectivity index (χ1) is 15.0. The summed E-state index contributed by atoms with van der Waals surface area (Å²) in [5, 5.41) is 2.59. The molecule has 3 aliphatic heterocycles. The molecule has 0 saturated heterocycles. The minimum atomic E-state index is -2.02. The minimum absolute atomic E-state index is 0.226. The van der Waals surface area contributed by atoms with Crippen molar-refractivity contribution in [3.05, 3.63) is 71.8 Å². The fourth-order valence-corrected chi connectivity index (χ4v) is 8.81. The lowest BCUT2D eigenvalue weighted by atomic mass is 9.92. The summed E-state index contributed by atoms with van der Waals surface area (Å²) in [6, 6.07) is 9.18. The lowest BCUT2D eigenvalue weighted by molar-refractivity contribution is 0.104. The van der Waals surface area contributed by atoms with Gasteiger partial charge in [0.05, 0.1) is 0 Å². The Morgan fingerprint density at radius 2 is 1.29 bits per heavy atom. The van der Waals surface area contributed by atoms with Crippen molar-refractivity contribution in [2.75, 3.05) is 36.0 Å². The van der Waals surface area contributed by atoms with Crippen molar-refractivity contribution in [1.29, 1.82) is 0 Å². The molecule has 5 rings (SSSR count). The van der Waals surface area contributed by atoms with Crippen molar-refractivity contribution in [1.82, 2.24) is 0 Å². The predicted molar refractivity (Wildman–Crippen MR) is 135 cm³/mol. The van der Waals surface area contributed by atoms with Crippen LogP contribution in [0.2, 0.25) is 13.1 Å². The maximum Gasteiger partial charge on any atom is 0.192 e. The summed E-state index contributed by atoms with van der Waals surface area (Å²) in [6.45, 7) is 16.6. The summed E-state index contributed by atoms with van der Waals surface area (Å²) in [5.74, 6) is 0.226. The standard InChI is InChI=1S/C27H32N2OSi/c1-5-11-28-13-7-9-19-15-21-25(17-23(19)28)31(3,4)26-18-24-20(16-22(26)27(21)30)10-8-14-29(24)12-6-2/h5-6,15-18H,1-2,7-14H2,3-4H3. The molecule has 0 saturated carbocycles. The van der Waals surface area contributed by atoms with E-state index < -0.39 is 8.07 Å². The van der Waals surface area contributed by atoms with Crippen LogP contribution in [-0.2, 0) is 12.8 Å². The van der Waals surface area contributed by atoms with Gasteiger partial charge in [0.25, 0.3) is 0 Å². The Balaban J connectivity index is 1.68. The number of carbonyl (C=O) groups excluding carboxylic acids is 1. The normalized spacial score (nSPS) is 18.6. The zero-order valence-corrected chi connectivity index (χ0v) is 19.8. The molecule has 0 aliphatic carbocycles. The second-order valence-electron chi connectivity index (χ2n) is 9.68.